The Bertz CT molecular complexity index is 393. The van der Waals surface area contributed by atoms with E-state index in [1.54, 1.807) is 0 Å². The Morgan fingerprint density at radius 1 is 1.38 bits per heavy atom. The van der Waals surface area contributed by atoms with Crippen LogP contribution in [-0.2, 0) is 5.54 Å². The van der Waals surface area contributed by atoms with E-state index in [0.29, 0.717) is 11.1 Å². The topological polar surface area (TPSA) is 25.2 Å². The van der Waals surface area contributed by atoms with Crippen LogP contribution in [0.5, 0.6) is 0 Å². The molecule has 1 atom stereocenters. The quantitative estimate of drug-likeness (QED) is 0.745. The Hall–Kier alpha value is -0.470. The van der Waals surface area contributed by atoms with Gasteiger partial charge in [0.05, 0.1) is 0 Å². The van der Waals surface area contributed by atoms with Crippen molar-refractivity contribution in [2.75, 3.05) is 6.54 Å². The van der Waals surface area contributed by atoms with E-state index in [1.807, 2.05) is 6.07 Å². The first-order valence-electron chi connectivity index (χ1n) is 6.26. The predicted molar refractivity (Wildman–Crippen MR) is 64.9 cm³/mol. The van der Waals surface area contributed by atoms with Gasteiger partial charge in [0.1, 0.15) is 5.76 Å². The molecule has 0 bridgehead atoms. The van der Waals surface area contributed by atoms with Crippen LogP contribution in [0.25, 0.3) is 0 Å². The van der Waals surface area contributed by atoms with Crippen molar-refractivity contribution in [3.05, 3.63) is 22.6 Å². The molecule has 1 N–H and O–H groups in total. The summed E-state index contributed by atoms with van der Waals surface area (Å²) in [7, 11) is 0. The molecule has 0 aromatic carbocycles. The van der Waals surface area contributed by atoms with Gasteiger partial charge in [0, 0.05) is 29.6 Å². The van der Waals surface area contributed by atoms with Gasteiger partial charge in [-0.3, -0.25) is 0 Å². The van der Waals surface area contributed by atoms with E-state index in [1.165, 1.54) is 37.7 Å². The van der Waals surface area contributed by atoms with Crippen LogP contribution in [0.15, 0.2) is 10.5 Å². The zero-order valence-electron chi connectivity index (χ0n) is 9.68. The van der Waals surface area contributed by atoms with Gasteiger partial charge in [0.2, 0.25) is 0 Å². The summed E-state index contributed by atoms with van der Waals surface area (Å²) < 4.78 is 5.67. The lowest BCUT2D eigenvalue weighted by Gasteiger charge is -2.42. The highest BCUT2D eigenvalue weighted by Crippen LogP contribution is 2.45. The fourth-order valence-corrected chi connectivity index (χ4v) is 3.44. The van der Waals surface area contributed by atoms with Crippen LogP contribution in [-0.4, -0.2) is 6.54 Å². The van der Waals surface area contributed by atoms with Crippen molar-refractivity contribution in [2.45, 2.75) is 50.5 Å². The van der Waals surface area contributed by atoms with Crippen LogP contribution in [0.4, 0.5) is 0 Å². The highest BCUT2D eigenvalue weighted by molar-refractivity contribution is 6.29. The number of furan rings is 1. The Morgan fingerprint density at radius 3 is 2.88 bits per heavy atom. The summed E-state index contributed by atoms with van der Waals surface area (Å²) in [4.78, 5) is 0. The third kappa shape index (κ3) is 1.51. The lowest BCUT2D eigenvalue weighted by molar-refractivity contribution is 0.205. The van der Waals surface area contributed by atoms with Gasteiger partial charge in [0.15, 0.2) is 5.22 Å². The predicted octanol–water partition coefficient (Wildman–Crippen LogP) is 3.80. The fourth-order valence-electron chi connectivity index (χ4n) is 3.25. The second kappa shape index (κ2) is 3.78. The Kier molecular flexibility index (Phi) is 2.52. The van der Waals surface area contributed by atoms with Gasteiger partial charge in [-0.25, -0.2) is 0 Å². The summed E-state index contributed by atoms with van der Waals surface area (Å²) >= 11 is 6.02. The molecule has 1 fully saturated rings. The van der Waals surface area contributed by atoms with E-state index in [2.05, 4.69) is 12.2 Å². The first kappa shape index (κ1) is 10.7. The van der Waals surface area contributed by atoms with Gasteiger partial charge in [-0.05, 0) is 24.4 Å². The molecule has 1 aromatic rings. The first-order chi connectivity index (χ1) is 7.71. The summed E-state index contributed by atoms with van der Waals surface area (Å²) in [6, 6.07) is 2.03. The second-order valence-corrected chi connectivity index (χ2v) is 5.63. The molecule has 1 spiro atoms. The highest BCUT2D eigenvalue weighted by Gasteiger charge is 2.41. The van der Waals surface area contributed by atoms with Crippen molar-refractivity contribution in [1.29, 1.82) is 0 Å². The number of hydrogen-bond donors (Lipinski definition) is 1. The maximum Gasteiger partial charge on any atom is 0.193 e. The highest BCUT2D eigenvalue weighted by atomic mass is 35.5. The lowest BCUT2D eigenvalue weighted by Crippen LogP contribution is -2.48. The van der Waals surface area contributed by atoms with Crippen LogP contribution in [0, 0.1) is 0 Å². The number of hydrogen-bond acceptors (Lipinski definition) is 2. The van der Waals surface area contributed by atoms with Gasteiger partial charge in [-0.1, -0.05) is 26.2 Å². The van der Waals surface area contributed by atoms with E-state index in [-0.39, 0.29) is 5.54 Å². The standard InChI is InChI=1S/C13H18ClNO/c1-9-8-15-13(5-3-2-4-6-13)10-7-11(14)16-12(9)10/h7,9,15H,2-6,8H2,1H3. The zero-order valence-corrected chi connectivity index (χ0v) is 10.4. The molecule has 3 heteroatoms. The maximum atomic E-state index is 6.02. The van der Waals surface area contributed by atoms with Crippen molar-refractivity contribution >= 4 is 11.6 Å². The number of halogens is 1. The average molecular weight is 240 g/mol. The molecule has 2 nitrogen and oxygen atoms in total. The third-order valence-corrected chi connectivity index (χ3v) is 4.33. The normalized spacial score (nSPS) is 28.0. The molecule has 2 aliphatic rings. The molecular weight excluding hydrogens is 222 g/mol. The van der Waals surface area contributed by atoms with E-state index in [9.17, 15) is 0 Å². The minimum atomic E-state index is 0.163. The van der Waals surface area contributed by atoms with Crippen LogP contribution >= 0.6 is 11.6 Å². The summed E-state index contributed by atoms with van der Waals surface area (Å²) in [6.45, 7) is 3.21. The molecule has 0 amide bonds. The molecule has 1 unspecified atom stereocenters. The molecule has 3 rings (SSSR count). The number of fused-ring (bicyclic) bond motifs is 2. The molecule has 1 aliphatic carbocycles. The summed E-state index contributed by atoms with van der Waals surface area (Å²) in [5.41, 5.74) is 1.49. The van der Waals surface area contributed by atoms with Gasteiger partial charge >= 0.3 is 0 Å². The van der Waals surface area contributed by atoms with Gasteiger partial charge < -0.3 is 9.73 Å². The van der Waals surface area contributed by atoms with Crippen molar-refractivity contribution in [3.8, 4) is 0 Å². The lowest BCUT2D eigenvalue weighted by atomic mass is 9.73. The molecule has 16 heavy (non-hydrogen) atoms. The minimum absolute atomic E-state index is 0.163. The molecule has 88 valence electrons. The van der Waals surface area contributed by atoms with E-state index >= 15 is 0 Å². The van der Waals surface area contributed by atoms with Crippen LogP contribution in [0.3, 0.4) is 0 Å². The van der Waals surface area contributed by atoms with Gasteiger partial charge in [-0.15, -0.1) is 0 Å². The molecule has 1 aromatic heterocycles. The largest absolute Gasteiger partial charge is 0.449 e. The number of rotatable bonds is 0. The minimum Gasteiger partial charge on any atom is -0.449 e. The van der Waals surface area contributed by atoms with Crippen LogP contribution < -0.4 is 5.32 Å². The van der Waals surface area contributed by atoms with Crippen molar-refractivity contribution in [2.24, 2.45) is 0 Å². The molecule has 2 heterocycles. The zero-order chi connectivity index (χ0) is 11.2. The summed E-state index contributed by atoms with van der Waals surface area (Å²) in [5, 5.41) is 4.28. The van der Waals surface area contributed by atoms with Crippen LogP contribution in [0.1, 0.15) is 56.3 Å². The van der Waals surface area contributed by atoms with Crippen molar-refractivity contribution in [1.82, 2.24) is 5.32 Å². The summed E-state index contributed by atoms with van der Waals surface area (Å²) in [6.07, 6.45) is 6.43. The average Bonchev–Trinajstić information content (AvgIpc) is 2.69. The molecule has 1 aliphatic heterocycles. The molecule has 0 saturated heterocycles. The SMILES string of the molecule is CC1CNC2(CCCCC2)c2cc(Cl)oc21. The van der Waals surface area contributed by atoms with Gasteiger partial charge in [0.25, 0.3) is 0 Å². The van der Waals surface area contributed by atoms with Crippen LogP contribution in [0.2, 0.25) is 5.22 Å². The van der Waals surface area contributed by atoms with E-state index in [4.69, 9.17) is 16.0 Å². The maximum absolute atomic E-state index is 6.02. The third-order valence-electron chi connectivity index (χ3n) is 4.15. The smallest absolute Gasteiger partial charge is 0.193 e. The summed E-state index contributed by atoms with van der Waals surface area (Å²) in [5.74, 6) is 1.56. The Labute approximate surface area is 101 Å². The monoisotopic (exact) mass is 239 g/mol. The molecular formula is C13H18ClNO. The second-order valence-electron chi connectivity index (χ2n) is 5.25. The fraction of sp³-hybridized carbons (Fsp3) is 0.692. The van der Waals surface area contributed by atoms with Crippen molar-refractivity contribution < 1.29 is 4.42 Å². The first-order valence-corrected chi connectivity index (χ1v) is 6.64. The van der Waals surface area contributed by atoms with E-state index < -0.39 is 0 Å². The molecule has 1 saturated carbocycles. The van der Waals surface area contributed by atoms with E-state index in [0.717, 1.165) is 12.3 Å². The Balaban J connectivity index is 2.05. The van der Waals surface area contributed by atoms with Gasteiger partial charge in [-0.2, -0.15) is 0 Å². The Morgan fingerprint density at radius 2 is 2.12 bits per heavy atom. The van der Waals surface area contributed by atoms with Crippen molar-refractivity contribution in [3.63, 3.8) is 0 Å². The molecule has 0 radical (unpaired) electrons. The number of nitrogens with one attached hydrogen (secondary N) is 1.